The molecule has 3 aromatic rings. The van der Waals surface area contributed by atoms with E-state index in [1.807, 2.05) is 66.7 Å². The number of anilines is 2. The molecule has 0 aliphatic carbocycles. The van der Waals surface area contributed by atoms with Crippen LogP contribution in [-0.2, 0) is 4.79 Å². The second-order valence-corrected chi connectivity index (χ2v) is 6.34. The average Bonchev–Trinajstić information content (AvgIpc) is 2.74. The van der Waals surface area contributed by atoms with Crippen molar-refractivity contribution in [3.8, 4) is 11.3 Å². The maximum atomic E-state index is 11.5. The Morgan fingerprint density at radius 2 is 1.79 bits per heavy atom. The van der Waals surface area contributed by atoms with Crippen LogP contribution in [0.2, 0.25) is 0 Å². The predicted octanol–water partition coefficient (Wildman–Crippen LogP) is 3.57. The topological polar surface area (TPSA) is 106 Å². The molecule has 0 fully saturated rings. The molecule has 1 aromatic heterocycles. The molecule has 29 heavy (non-hydrogen) atoms. The first-order valence-electron chi connectivity index (χ1n) is 9.11. The Morgan fingerprint density at radius 1 is 1.03 bits per heavy atom. The van der Waals surface area contributed by atoms with Crippen molar-refractivity contribution >= 4 is 23.1 Å². The van der Waals surface area contributed by atoms with E-state index in [9.17, 15) is 4.79 Å². The fraction of sp³-hybridized carbons (Fsp3) is 0.0435. The SMILES string of the molecule is C=CC(=O)Nc1cccc(-c2cccc(NC(N)/C=C(\N)c3ccccc3)n2)c1. The fourth-order valence-corrected chi connectivity index (χ4v) is 2.76. The van der Waals surface area contributed by atoms with Gasteiger partial charge in [-0.2, -0.15) is 0 Å². The van der Waals surface area contributed by atoms with Crippen molar-refractivity contribution in [2.45, 2.75) is 6.17 Å². The van der Waals surface area contributed by atoms with Gasteiger partial charge >= 0.3 is 0 Å². The summed E-state index contributed by atoms with van der Waals surface area (Å²) in [5.74, 6) is 0.354. The van der Waals surface area contributed by atoms with Crippen LogP contribution in [0.3, 0.4) is 0 Å². The Labute approximate surface area is 170 Å². The van der Waals surface area contributed by atoms with E-state index in [4.69, 9.17) is 11.5 Å². The molecule has 2 aromatic carbocycles. The van der Waals surface area contributed by atoms with Crippen molar-refractivity contribution in [1.29, 1.82) is 0 Å². The van der Waals surface area contributed by atoms with Gasteiger partial charge in [0.15, 0.2) is 0 Å². The number of nitrogens with two attached hydrogens (primary N) is 2. The molecular formula is C23H23N5O. The molecule has 0 aliphatic heterocycles. The molecule has 1 unspecified atom stereocenters. The number of nitrogens with one attached hydrogen (secondary N) is 2. The van der Waals surface area contributed by atoms with Crippen molar-refractivity contribution in [2.75, 3.05) is 10.6 Å². The molecule has 0 saturated heterocycles. The van der Waals surface area contributed by atoms with Gasteiger partial charge < -0.3 is 22.1 Å². The fourth-order valence-electron chi connectivity index (χ4n) is 2.76. The van der Waals surface area contributed by atoms with Crippen molar-refractivity contribution in [3.63, 3.8) is 0 Å². The maximum Gasteiger partial charge on any atom is 0.247 e. The van der Waals surface area contributed by atoms with E-state index in [0.717, 1.165) is 16.8 Å². The molecule has 1 heterocycles. The van der Waals surface area contributed by atoms with Crippen LogP contribution in [0.1, 0.15) is 5.56 Å². The van der Waals surface area contributed by atoms with Crippen LogP contribution >= 0.6 is 0 Å². The summed E-state index contributed by atoms with van der Waals surface area (Å²) in [6.07, 6.45) is 2.47. The lowest BCUT2D eigenvalue weighted by Crippen LogP contribution is -2.28. The third kappa shape index (κ3) is 5.54. The first kappa shape index (κ1) is 19.9. The van der Waals surface area contributed by atoms with Gasteiger partial charge in [-0.1, -0.05) is 55.1 Å². The van der Waals surface area contributed by atoms with E-state index < -0.39 is 6.17 Å². The van der Waals surface area contributed by atoms with Crippen molar-refractivity contribution in [2.24, 2.45) is 11.5 Å². The highest BCUT2D eigenvalue weighted by atomic mass is 16.1. The van der Waals surface area contributed by atoms with Gasteiger partial charge in [0.05, 0.1) is 11.9 Å². The molecule has 1 amide bonds. The lowest BCUT2D eigenvalue weighted by Gasteiger charge is -2.13. The first-order chi connectivity index (χ1) is 14.0. The number of hydrogen-bond donors (Lipinski definition) is 4. The summed E-state index contributed by atoms with van der Waals surface area (Å²) in [5.41, 5.74) is 16.1. The van der Waals surface area contributed by atoms with E-state index in [-0.39, 0.29) is 5.91 Å². The predicted molar refractivity (Wildman–Crippen MR) is 119 cm³/mol. The number of carbonyl (C=O) groups is 1. The summed E-state index contributed by atoms with van der Waals surface area (Å²) in [6, 6.07) is 22.7. The van der Waals surface area contributed by atoms with Crippen LogP contribution in [0.4, 0.5) is 11.5 Å². The lowest BCUT2D eigenvalue weighted by molar-refractivity contribution is -0.111. The summed E-state index contributed by atoms with van der Waals surface area (Å²) >= 11 is 0. The van der Waals surface area contributed by atoms with Crippen molar-refractivity contribution in [3.05, 3.63) is 97.1 Å². The quantitative estimate of drug-likeness (QED) is 0.367. The third-order valence-electron chi connectivity index (χ3n) is 4.14. The van der Waals surface area contributed by atoms with E-state index in [2.05, 4.69) is 22.2 Å². The highest BCUT2D eigenvalue weighted by molar-refractivity contribution is 5.99. The number of rotatable bonds is 7. The van der Waals surface area contributed by atoms with Gasteiger partial charge in [-0.3, -0.25) is 4.79 Å². The van der Waals surface area contributed by atoms with Crippen LogP contribution in [0.5, 0.6) is 0 Å². The Bertz CT molecular complexity index is 1030. The van der Waals surface area contributed by atoms with Crippen LogP contribution in [0.15, 0.2) is 91.5 Å². The summed E-state index contributed by atoms with van der Waals surface area (Å²) in [5, 5.41) is 5.88. The number of pyridine rings is 1. The van der Waals surface area contributed by atoms with Gasteiger partial charge in [0.25, 0.3) is 0 Å². The molecule has 3 rings (SSSR count). The molecule has 0 bridgehead atoms. The van der Waals surface area contributed by atoms with Crippen LogP contribution in [-0.4, -0.2) is 17.1 Å². The van der Waals surface area contributed by atoms with E-state index in [1.54, 1.807) is 12.1 Å². The number of benzene rings is 2. The molecule has 0 spiro atoms. The van der Waals surface area contributed by atoms with Crippen LogP contribution in [0, 0.1) is 0 Å². The zero-order chi connectivity index (χ0) is 20.6. The molecule has 0 aliphatic rings. The van der Waals surface area contributed by atoms with E-state index >= 15 is 0 Å². The second kappa shape index (κ2) is 9.34. The summed E-state index contributed by atoms with van der Waals surface area (Å²) in [4.78, 5) is 16.1. The van der Waals surface area contributed by atoms with Gasteiger partial charge in [0.2, 0.25) is 5.91 Å². The molecule has 6 nitrogen and oxygen atoms in total. The zero-order valence-corrected chi connectivity index (χ0v) is 15.9. The summed E-state index contributed by atoms with van der Waals surface area (Å²) < 4.78 is 0. The standard InChI is InChI=1S/C23H23N5O/c1-2-23(29)26-18-11-6-10-17(14-18)20-12-7-13-22(27-20)28-21(25)15-19(24)16-8-4-3-5-9-16/h2-15,21H,1,24-25H2,(H,26,29)(H,27,28)/b19-15-. The molecule has 6 N–H and O–H groups in total. The highest BCUT2D eigenvalue weighted by Crippen LogP contribution is 2.22. The lowest BCUT2D eigenvalue weighted by atomic mass is 10.1. The van der Waals surface area contributed by atoms with Gasteiger partial charge in [-0.25, -0.2) is 4.98 Å². The van der Waals surface area contributed by atoms with E-state index in [0.29, 0.717) is 17.2 Å². The maximum absolute atomic E-state index is 11.5. The highest BCUT2D eigenvalue weighted by Gasteiger charge is 2.06. The minimum absolute atomic E-state index is 0.265. The largest absolute Gasteiger partial charge is 0.398 e. The summed E-state index contributed by atoms with van der Waals surface area (Å²) in [6.45, 7) is 3.46. The molecule has 1 atom stereocenters. The van der Waals surface area contributed by atoms with Gasteiger partial charge in [-0.05, 0) is 42.0 Å². The normalized spacial score (nSPS) is 12.1. The van der Waals surface area contributed by atoms with Crippen molar-refractivity contribution < 1.29 is 4.79 Å². The number of aromatic nitrogens is 1. The number of hydrogen-bond acceptors (Lipinski definition) is 5. The molecule has 146 valence electrons. The first-order valence-corrected chi connectivity index (χ1v) is 9.11. The number of carbonyl (C=O) groups excluding carboxylic acids is 1. The van der Waals surface area contributed by atoms with E-state index in [1.165, 1.54) is 6.08 Å². The Morgan fingerprint density at radius 3 is 2.55 bits per heavy atom. The monoisotopic (exact) mass is 385 g/mol. The Hall–Kier alpha value is -3.90. The Kier molecular flexibility index (Phi) is 6.40. The van der Waals surface area contributed by atoms with Crippen LogP contribution < -0.4 is 22.1 Å². The average molecular weight is 385 g/mol. The number of amides is 1. The van der Waals surface area contributed by atoms with Crippen molar-refractivity contribution in [1.82, 2.24) is 4.98 Å². The minimum atomic E-state index is -0.504. The van der Waals surface area contributed by atoms with Crippen LogP contribution in [0.25, 0.3) is 17.0 Å². The van der Waals surface area contributed by atoms with Gasteiger partial charge in [-0.15, -0.1) is 0 Å². The second-order valence-electron chi connectivity index (χ2n) is 6.34. The molecule has 0 radical (unpaired) electrons. The molecule has 6 heteroatoms. The molecule has 0 saturated carbocycles. The minimum Gasteiger partial charge on any atom is -0.398 e. The van der Waals surface area contributed by atoms with Gasteiger partial charge in [0, 0.05) is 16.9 Å². The Balaban J connectivity index is 1.75. The number of nitrogens with zero attached hydrogens (tertiary/aromatic N) is 1. The van der Waals surface area contributed by atoms with Gasteiger partial charge in [0.1, 0.15) is 5.82 Å². The smallest absolute Gasteiger partial charge is 0.247 e. The summed E-state index contributed by atoms with van der Waals surface area (Å²) in [7, 11) is 0. The third-order valence-corrected chi connectivity index (χ3v) is 4.14. The zero-order valence-electron chi connectivity index (χ0n) is 15.9. The molecular weight excluding hydrogens is 362 g/mol.